The van der Waals surface area contributed by atoms with Crippen molar-refractivity contribution in [1.29, 1.82) is 0 Å². The number of nitro groups is 1. The summed E-state index contributed by atoms with van der Waals surface area (Å²) in [4.78, 5) is 37.6. The number of nitrogens with zero attached hydrogens (tertiary/aromatic N) is 3. The number of nitrogens with one attached hydrogen (secondary N) is 2. The molecule has 1 amide bonds. The Morgan fingerprint density at radius 2 is 1.55 bits per heavy atom. The third-order valence-electron chi connectivity index (χ3n) is 6.45. The SMILES string of the molecule is CCOc1cc(C(=O)N/N=C(\C)c2c(-c3ccc(OC)cc3)[nH]n(-c3ccc([N+](=O)[O-])cc3)c2=O)cc(OCC)c1OCC. The average molecular weight is 604 g/mol. The number of hydrogen-bond acceptors (Lipinski definition) is 9. The van der Waals surface area contributed by atoms with Crippen LogP contribution >= 0.6 is 0 Å². The standard InChI is InChI=1S/C31H33N5O8/c1-6-42-25-17-21(18-26(43-7-2)29(25)44-8-3)30(37)33-32-19(4)27-28(20-9-15-24(41-5)16-10-20)34-35(31(27)38)22-11-13-23(14-12-22)36(39)40/h9-18,34H,6-8H2,1-5H3,(H,33,37)/b32-19+. The Labute approximate surface area is 253 Å². The van der Waals surface area contributed by atoms with Crippen molar-refractivity contribution in [3.8, 4) is 39.9 Å². The number of hydrogen-bond donors (Lipinski definition) is 2. The summed E-state index contributed by atoms with van der Waals surface area (Å²) in [5.74, 6) is 1.16. The summed E-state index contributed by atoms with van der Waals surface area (Å²) >= 11 is 0. The van der Waals surface area contributed by atoms with Gasteiger partial charge in [-0.15, -0.1) is 0 Å². The first-order valence-electron chi connectivity index (χ1n) is 13.9. The number of aromatic amines is 1. The number of methoxy groups -OCH3 is 1. The van der Waals surface area contributed by atoms with Crippen LogP contribution in [-0.2, 0) is 0 Å². The Bertz CT molecular complexity index is 1700. The Balaban J connectivity index is 1.75. The molecule has 0 fully saturated rings. The second-order valence-electron chi connectivity index (χ2n) is 9.24. The summed E-state index contributed by atoms with van der Waals surface area (Å²) in [7, 11) is 1.55. The molecule has 0 radical (unpaired) electrons. The van der Waals surface area contributed by atoms with Gasteiger partial charge in [-0.05, 0) is 76.2 Å². The molecule has 1 heterocycles. The lowest BCUT2D eigenvalue weighted by molar-refractivity contribution is -0.384. The minimum Gasteiger partial charge on any atom is -0.497 e. The van der Waals surface area contributed by atoms with Crippen LogP contribution in [0.3, 0.4) is 0 Å². The van der Waals surface area contributed by atoms with Gasteiger partial charge in [0.1, 0.15) is 5.75 Å². The molecule has 0 aliphatic carbocycles. The van der Waals surface area contributed by atoms with Gasteiger partial charge in [0, 0.05) is 23.3 Å². The molecule has 0 atom stereocenters. The van der Waals surface area contributed by atoms with Crippen molar-refractivity contribution >= 4 is 17.3 Å². The fraction of sp³-hybridized carbons (Fsp3) is 0.258. The van der Waals surface area contributed by atoms with E-state index in [1.807, 2.05) is 20.8 Å². The molecule has 1 aromatic heterocycles. The normalized spacial score (nSPS) is 11.2. The zero-order valence-corrected chi connectivity index (χ0v) is 25.0. The van der Waals surface area contributed by atoms with Crippen LogP contribution in [0.25, 0.3) is 16.9 Å². The Morgan fingerprint density at radius 1 is 0.955 bits per heavy atom. The molecule has 0 unspecified atom stereocenters. The van der Waals surface area contributed by atoms with Crippen molar-refractivity contribution in [2.75, 3.05) is 26.9 Å². The number of rotatable bonds is 13. The van der Waals surface area contributed by atoms with Crippen LogP contribution in [-0.4, -0.2) is 53.3 Å². The van der Waals surface area contributed by atoms with Crippen molar-refractivity contribution in [3.05, 3.63) is 92.3 Å². The lowest BCUT2D eigenvalue weighted by atomic mass is 10.1. The monoisotopic (exact) mass is 603 g/mol. The van der Waals surface area contributed by atoms with Gasteiger partial charge in [0.25, 0.3) is 17.2 Å². The number of amides is 1. The molecular weight excluding hydrogens is 570 g/mol. The zero-order chi connectivity index (χ0) is 31.8. The van der Waals surface area contributed by atoms with Crippen LogP contribution in [0, 0.1) is 10.1 Å². The second-order valence-corrected chi connectivity index (χ2v) is 9.24. The predicted molar refractivity (Wildman–Crippen MR) is 165 cm³/mol. The number of nitro benzene ring substituents is 1. The van der Waals surface area contributed by atoms with E-state index in [1.165, 1.54) is 41.1 Å². The highest BCUT2D eigenvalue weighted by Crippen LogP contribution is 2.39. The molecule has 0 spiro atoms. The summed E-state index contributed by atoms with van der Waals surface area (Å²) in [6.45, 7) is 8.12. The number of carbonyl (C=O) groups is 1. The summed E-state index contributed by atoms with van der Waals surface area (Å²) in [6.07, 6.45) is 0. The first-order valence-corrected chi connectivity index (χ1v) is 13.9. The summed E-state index contributed by atoms with van der Waals surface area (Å²) in [6, 6.07) is 15.6. The van der Waals surface area contributed by atoms with Crippen LogP contribution in [0.4, 0.5) is 5.69 Å². The highest BCUT2D eigenvalue weighted by Gasteiger charge is 2.22. The third-order valence-corrected chi connectivity index (χ3v) is 6.45. The van der Waals surface area contributed by atoms with E-state index < -0.39 is 16.4 Å². The Kier molecular flexibility index (Phi) is 10.0. The number of hydrazone groups is 1. The lowest BCUT2D eigenvalue weighted by Gasteiger charge is -2.16. The molecule has 230 valence electrons. The van der Waals surface area contributed by atoms with E-state index in [0.717, 1.165) is 0 Å². The third kappa shape index (κ3) is 6.72. The predicted octanol–water partition coefficient (Wildman–Crippen LogP) is 5.10. The molecule has 0 saturated heterocycles. The zero-order valence-electron chi connectivity index (χ0n) is 25.0. The smallest absolute Gasteiger partial charge is 0.281 e. The van der Waals surface area contributed by atoms with Crippen LogP contribution in [0.2, 0.25) is 0 Å². The van der Waals surface area contributed by atoms with E-state index in [4.69, 9.17) is 18.9 Å². The highest BCUT2D eigenvalue weighted by molar-refractivity contribution is 6.05. The van der Waals surface area contributed by atoms with Gasteiger partial charge in [0.2, 0.25) is 5.75 Å². The van der Waals surface area contributed by atoms with Gasteiger partial charge in [0.05, 0.1) is 54.5 Å². The van der Waals surface area contributed by atoms with E-state index in [2.05, 4.69) is 15.6 Å². The van der Waals surface area contributed by atoms with Gasteiger partial charge in [0.15, 0.2) is 11.5 Å². The molecule has 3 aromatic carbocycles. The quantitative estimate of drug-likeness (QED) is 0.121. The molecule has 4 aromatic rings. The van der Waals surface area contributed by atoms with Crippen LogP contribution in [0.5, 0.6) is 23.0 Å². The van der Waals surface area contributed by atoms with E-state index in [-0.39, 0.29) is 22.5 Å². The van der Waals surface area contributed by atoms with E-state index >= 15 is 0 Å². The largest absolute Gasteiger partial charge is 0.497 e. The highest BCUT2D eigenvalue weighted by atomic mass is 16.6. The lowest BCUT2D eigenvalue weighted by Crippen LogP contribution is -2.23. The van der Waals surface area contributed by atoms with Gasteiger partial charge in [-0.1, -0.05) is 0 Å². The number of ether oxygens (including phenoxy) is 4. The first-order chi connectivity index (χ1) is 21.2. The first kappa shape index (κ1) is 31.3. The molecule has 0 aliphatic heterocycles. The molecule has 4 rings (SSSR count). The van der Waals surface area contributed by atoms with Crippen molar-refractivity contribution < 1.29 is 28.7 Å². The second kappa shape index (κ2) is 14.1. The fourth-order valence-corrected chi connectivity index (χ4v) is 4.42. The number of benzene rings is 3. The van der Waals surface area contributed by atoms with E-state index in [9.17, 15) is 19.7 Å². The molecule has 0 saturated carbocycles. The van der Waals surface area contributed by atoms with Gasteiger partial charge >= 0.3 is 0 Å². The average Bonchev–Trinajstić information content (AvgIpc) is 3.38. The van der Waals surface area contributed by atoms with Crippen LogP contribution in [0.15, 0.2) is 70.6 Å². The molecule has 2 N–H and O–H groups in total. The molecule has 13 nitrogen and oxygen atoms in total. The maximum Gasteiger partial charge on any atom is 0.281 e. The van der Waals surface area contributed by atoms with Crippen molar-refractivity contribution in [1.82, 2.24) is 15.2 Å². The molecule has 44 heavy (non-hydrogen) atoms. The van der Waals surface area contributed by atoms with Gasteiger partial charge < -0.3 is 18.9 Å². The molecule has 13 heteroatoms. The van der Waals surface area contributed by atoms with Crippen LogP contribution < -0.4 is 29.9 Å². The molecule has 0 aliphatic rings. The number of carbonyl (C=O) groups excluding carboxylic acids is 1. The number of non-ortho nitro benzene ring substituents is 1. The minimum absolute atomic E-state index is 0.112. The van der Waals surface area contributed by atoms with Gasteiger partial charge in [-0.2, -0.15) is 5.10 Å². The number of aromatic nitrogens is 2. The maximum atomic E-state index is 13.7. The Hall–Kier alpha value is -5.59. The van der Waals surface area contributed by atoms with Gasteiger partial charge in [-0.3, -0.25) is 24.8 Å². The fourth-order valence-electron chi connectivity index (χ4n) is 4.42. The van der Waals surface area contributed by atoms with Crippen LogP contribution in [0.1, 0.15) is 43.6 Å². The topological polar surface area (TPSA) is 159 Å². The minimum atomic E-state index is -0.563. The van der Waals surface area contributed by atoms with E-state index in [0.29, 0.717) is 59.8 Å². The van der Waals surface area contributed by atoms with E-state index in [1.54, 1.807) is 38.3 Å². The van der Waals surface area contributed by atoms with Gasteiger partial charge in [-0.25, -0.2) is 10.1 Å². The maximum absolute atomic E-state index is 13.7. The Morgan fingerprint density at radius 3 is 2.07 bits per heavy atom. The summed E-state index contributed by atoms with van der Waals surface area (Å²) < 4.78 is 23.6. The summed E-state index contributed by atoms with van der Waals surface area (Å²) in [5, 5.41) is 18.5. The summed E-state index contributed by atoms with van der Waals surface area (Å²) in [5.41, 5.74) is 3.99. The van der Waals surface area contributed by atoms with Crippen molar-refractivity contribution in [2.45, 2.75) is 27.7 Å². The molecule has 0 bridgehead atoms. The van der Waals surface area contributed by atoms with Crippen molar-refractivity contribution in [2.24, 2.45) is 5.10 Å². The number of H-pyrrole nitrogens is 1. The van der Waals surface area contributed by atoms with Crippen molar-refractivity contribution in [3.63, 3.8) is 0 Å². The molecular formula is C31H33N5O8.